The van der Waals surface area contributed by atoms with Gasteiger partial charge in [-0.25, -0.2) is 8.78 Å². The fourth-order valence-electron chi connectivity index (χ4n) is 1.67. The van der Waals surface area contributed by atoms with E-state index in [-0.39, 0.29) is 37.8 Å². The van der Waals surface area contributed by atoms with Gasteiger partial charge in [-0.2, -0.15) is 0 Å². The van der Waals surface area contributed by atoms with Gasteiger partial charge in [0.25, 0.3) is 5.92 Å². The summed E-state index contributed by atoms with van der Waals surface area (Å²) in [6.07, 6.45) is 1.92. The minimum absolute atomic E-state index is 0. The van der Waals surface area contributed by atoms with E-state index in [1.807, 2.05) is 0 Å². The number of carbonyl (C=O) groups is 1. The second-order valence-electron chi connectivity index (χ2n) is 3.78. The standard InChI is InChI=1S/C9H15F2NO2.ClH/c10-9(11)5-7(12-6-9)3-1-2-4-8(13)14;/h7,12H,1-6H2,(H,13,14);1H/t7-;/m0./s1. The summed E-state index contributed by atoms with van der Waals surface area (Å²) in [6, 6.07) is -0.140. The number of alkyl halides is 2. The van der Waals surface area contributed by atoms with E-state index in [9.17, 15) is 13.6 Å². The molecule has 0 aromatic rings. The zero-order valence-electron chi connectivity index (χ0n) is 8.34. The lowest BCUT2D eigenvalue weighted by atomic mass is 10.1. The van der Waals surface area contributed by atoms with Crippen LogP contribution in [0.5, 0.6) is 0 Å². The zero-order valence-corrected chi connectivity index (χ0v) is 9.16. The summed E-state index contributed by atoms with van der Waals surface area (Å²) in [5.74, 6) is -3.40. The summed E-state index contributed by atoms with van der Waals surface area (Å²) in [4.78, 5) is 10.2. The van der Waals surface area contributed by atoms with Crippen LogP contribution in [0.1, 0.15) is 32.1 Å². The van der Waals surface area contributed by atoms with Crippen molar-refractivity contribution >= 4 is 18.4 Å². The highest BCUT2D eigenvalue weighted by atomic mass is 35.5. The van der Waals surface area contributed by atoms with Crippen molar-refractivity contribution in [2.24, 2.45) is 0 Å². The number of unbranched alkanes of at least 4 members (excludes halogenated alkanes) is 1. The summed E-state index contributed by atoms with van der Waals surface area (Å²) in [7, 11) is 0. The Morgan fingerprint density at radius 2 is 2.13 bits per heavy atom. The molecule has 6 heteroatoms. The lowest BCUT2D eigenvalue weighted by Crippen LogP contribution is -2.22. The molecular weight excluding hydrogens is 228 g/mol. The highest BCUT2D eigenvalue weighted by Gasteiger charge is 2.38. The molecule has 1 aliphatic rings. The van der Waals surface area contributed by atoms with Gasteiger partial charge in [0.1, 0.15) is 0 Å². The van der Waals surface area contributed by atoms with Gasteiger partial charge in [-0.3, -0.25) is 4.79 Å². The first kappa shape index (κ1) is 14.6. The third-order valence-corrected chi connectivity index (χ3v) is 2.39. The molecule has 0 aromatic heterocycles. The predicted molar refractivity (Wildman–Crippen MR) is 54.7 cm³/mol. The Morgan fingerprint density at radius 3 is 2.60 bits per heavy atom. The molecule has 1 saturated heterocycles. The molecule has 1 atom stereocenters. The molecule has 0 spiro atoms. The monoisotopic (exact) mass is 243 g/mol. The normalized spacial score (nSPS) is 23.5. The highest BCUT2D eigenvalue weighted by Crippen LogP contribution is 2.27. The van der Waals surface area contributed by atoms with Gasteiger partial charge in [0.15, 0.2) is 0 Å². The maximum atomic E-state index is 12.7. The van der Waals surface area contributed by atoms with E-state index in [0.29, 0.717) is 19.3 Å². The van der Waals surface area contributed by atoms with Crippen molar-refractivity contribution in [3.8, 4) is 0 Å². The molecule has 0 aliphatic carbocycles. The van der Waals surface area contributed by atoms with Crippen molar-refractivity contribution in [2.75, 3.05) is 6.54 Å². The third kappa shape index (κ3) is 5.89. The van der Waals surface area contributed by atoms with E-state index in [1.54, 1.807) is 0 Å². The summed E-state index contributed by atoms with van der Waals surface area (Å²) < 4.78 is 25.4. The fraction of sp³-hybridized carbons (Fsp3) is 0.889. The molecule has 2 N–H and O–H groups in total. The van der Waals surface area contributed by atoms with E-state index in [0.717, 1.165) is 0 Å². The molecule has 3 nitrogen and oxygen atoms in total. The first-order chi connectivity index (χ1) is 6.49. The van der Waals surface area contributed by atoms with Crippen LogP contribution in [-0.4, -0.2) is 29.6 Å². The van der Waals surface area contributed by atoms with Gasteiger partial charge in [-0.05, 0) is 12.8 Å². The number of hydrogen-bond donors (Lipinski definition) is 2. The average Bonchev–Trinajstić information content (AvgIpc) is 2.39. The first-order valence-electron chi connectivity index (χ1n) is 4.83. The number of nitrogens with one attached hydrogen (secondary N) is 1. The maximum Gasteiger partial charge on any atom is 0.303 e. The first-order valence-corrected chi connectivity index (χ1v) is 4.83. The minimum Gasteiger partial charge on any atom is -0.481 e. The molecule has 0 amide bonds. The van der Waals surface area contributed by atoms with Gasteiger partial charge in [0, 0.05) is 18.9 Å². The molecule has 0 saturated carbocycles. The van der Waals surface area contributed by atoms with Crippen molar-refractivity contribution in [1.29, 1.82) is 0 Å². The van der Waals surface area contributed by atoms with Crippen LogP contribution < -0.4 is 5.32 Å². The van der Waals surface area contributed by atoms with Gasteiger partial charge in [0.05, 0.1) is 6.54 Å². The van der Waals surface area contributed by atoms with Crippen LogP contribution in [0.2, 0.25) is 0 Å². The lowest BCUT2D eigenvalue weighted by molar-refractivity contribution is -0.137. The van der Waals surface area contributed by atoms with Gasteiger partial charge >= 0.3 is 5.97 Å². The van der Waals surface area contributed by atoms with Gasteiger partial charge in [0.2, 0.25) is 0 Å². The number of halogens is 3. The van der Waals surface area contributed by atoms with Crippen molar-refractivity contribution in [2.45, 2.75) is 44.1 Å². The zero-order chi connectivity index (χ0) is 10.6. The van der Waals surface area contributed by atoms with Gasteiger partial charge in [-0.1, -0.05) is 6.42 Å². The molecule has 0 aromatic carbocycles. The molecular formula is C9H16ClF2NO2. The van der Waals surface area contributed by atoms with E-state index in [1.165, 1.54) is 0 Å². The summed E-state index contributed by atoms with van der Waals surface area (Å²) in [5, 5.41) is 11.1. The number of aliphatic carboxylic acids is 1. The second kappa shape index (κ2) is 6.23. The van der Waals surface area contributed by atoms with Crippen LogP contribution in [0.25, 0.3) is 0 Å². The minimum atomic E-state index is -2.57. The molecule has 1 heterocycles. The summed E-state index contributed by atoms with van der Waals surface area (Å²) in [6.45, 7) is -0.239. The fourth-order valence-corrected chi connectivity index (χ4v) is 1.67. The molecule has 0 unspecified atom stereocenters. The Bertz CT molecular complexity index is 214. The van der Waals surface area contributed by atoms with Crippen LogP contribution in [-0.2, 0) is 4.79 Å². The van der Waals surface area contributed by atoms with Crippen molar-refractivity contribution < 1.29 is 18.7 Å². The van der Waals surface area contributed by atoms with Crippen molar-refractivity contribution in [1.82, 2.24) is 5.32 Å². The quantitative estimate of drug-likeness (QED) is 0.727. The molecule has 1 rings (SSSR count). The lowest BCUT2D eigenvalue weighted by Gasteiger charge is -2.08. The second-order valence-corrected chi connectivity index (χ2v) is 3.78. The van der Waals surface area contributed by atoms with Gasteiger partial charge in [-0.15, -0.1) is 12.4 Å². The van der Waals surface area contributed by atoms with E-state index in [4.69, 9.17) is 5.11 Å². The van der Waals surface area contributed by atoms with E-state index < -0.39 is 11.9 Å². The van der Waals surface area contributed by atoms with E-state index >= 15 is 0 Å². The summed E-state index contributed by atoms with van der Waals surface area (Å²) >= 11 is 0. The number of rotatable bonds is 5. The smallest absolute Gasteiger partial charge is 0.303 e. The molecule has 1 aliphatic heterocycles. The Labute approximate surface area is 93.6 Å². The van der Waals surface area contributed by atoms with Crippen LogP contribution in [0.3, 0.4) is 0 Å². The van der Waals surface area contributed by atoms with Crippen LogP contribution in [0.4, 0.5) is 8.78 Å². The van der Waals surface area contributed by atoms with Crippen LogP contribution in [0, 0.1) is 0 Å². The molecule has 1 fully saturated rings. The molecule has 0 bridgehead atoms. The Hall–Kier alpha value is -0.420. The largest absolute Gasteiger partial charge is 0.481 e. The Kier molecular flexibility index (Phi) is 6.05. The van der Waals surface area contributed by atoms with Gasteiger partial charge < -0.3 is 10.4 Å². The highest BCUT2D eigenvalue weighted by molar-refractivity contribution is 5.85. The van der Waals surface area contributed by atoms with Crippen molar-refractivity contribution in [3.05, 3.63) is 0 Å². The SMILES string of the molecule is Cl.O=C(O)CCCC[C@H]1CC(F)(F)CN1. The number of carboxylic acids is 1. The van der Waals surface area contributed by atoms with Crippen LogP contribution >= 0.6 is 12.4 Å². The third-order valence-electron chi connectivity index (χ3n) is 2.39. The Balaban J connectivity index is 0.00000196. The van der Waals surface area contributed by atoms with Crippen molar-refractivity contribution in [3.63, 3.8) is 0 Å². The van der Waals surface area contributed by atoms with Crippen LogP contribution in [0.15, 0.2) is 0 Å². The predicted octanol–water partition coefficient (Wildman–Crippen LogP) is 2.05. The number of carboxylic acid groups (broad SMARTS) is 1. The number of hydrogen-bond acceptors (Lipinski definition) is 2. The topological polar surface area (TPSA) is 49.3 Å². The molecule has 90 valence electrons. The maximum absolute atomic E-state index is 12.7. The average molecular weight is 244 g/mol. The molecule has 15 heavy (non-hydrogen) atoms. The summed E-state index contributed by atoms with van der Waals surface area (Å²) in [5.41, 5.74) is 0. The Morgan fingerprint density at radius 1 is 1.47 bits per heavy atom. The van der Waals surface area contributed by atoms with E-state index in [2.05, 4.69) is 5.32 Å². The molecule has 0 radical (unpaired) electrons.